The van der Waals surface area contributed by atoms with E-state index in [9.17, 15) is 4.79 Å². The summed E-state index contributed by atoms with van der Waals surface area (Å²) in [6, 6.07) is 17.8. The summed E-state index contributed by atoms with van der Waals surface area (Å²) in [7, 11) is 0. The summed E-state index contributed by atoms with van der Waals surface area (Å²) in [4.78, 5) is 13.8. The second-order valence-electron chi connectivity index (χ2n) is 6.17. The number of hydrogen-bond donors (Lipinski definition) is 2. The van der Waals surface area contributed by atoms with Crippen molar-refractivity contribution in [1.29, 1.82) is 0 Å². The fourth-order valence-electron chi connectivity index (χ4n) is 2.84. The molecule has 0 radical (unpaired) electrons. The van der Waals surface area contributed by atoms with Gasteiger partial charge in [0, 0.05) is 21.5 Å². The van der Waals surface area contributed by atoms with Crippen LogP contribution in [0, 0.1) is 0 Å². The van der Waals surface area contributed by atoms with Crippen LogP contribution in [0.25, 0.3) is 21.6 Å². The van der Waals surface area contributed by atoms with Crippen LogP contribution < -0.4 is 11.1 Å². The summed E-state index contributed by atoms with van der Waals surface area (Å²) in [6.45, 7) is 0. The molecule has 1 heterocycles. The Kier molecular flexibility index (Phi) is 4.24. The largest absolute Gasteiger partial charge is 0.390 e. The molecule has 0 saturated heterocycles. The number of benzene rings is 2. The number of nitrogens with one attached hydrogen (secondary N) is 1. The van der Waals surface area contributed by atoms with Gasteiger partial charge in [-0.1, -0.05) is 54.1 Å². The van der Waals surface area contributed by atoms with Gasteiger partial charge in [-0.2, -0.15) is 0 Å². The molecule has 1 aliphatic carbocycles. The quantitative estimate of drug-likeness (QED) is 0.664. The Morgan fingerprint density at radius 2 is 1.72 bits per heavy atom. The maximum Gasteiger partial charge on any atom is 0.255 e. The Labute approximate surface area is 155 Å². The van der Waals surface area contributed by atoms with Crippen molar-refractivity contribution in [3.05, 3.63) is 65.2 Å². The summed E-state index contributed by atoms with van der Waals surface area (Å²) in [5.41, 5.74) is 9.71. The molecule has 3 N–H and O–H groups in total. The summed E-state index contributed by atoms with van der Waals surface area (Å²) >= 11 is 7.49. The first-order valence-corrected chi connectivity index (χ1v) is 9.37. The number of nitrogen functional groups attached to an aromatic ring is 1. The molecule has 4 rings (SSSR count). The molecule has 25 heavy (non-hydrogen) atoms. The lowest BCUT2D eigenvalue weighted by Crippen LogP contribution is -2.26. The molecule has 0 aliphatic heterocycles. The van der Waals surface area contributed by atoms with E-state index in [1.165, 1.54) is 11.3 Å². The molecule has 5 heteroatoms. The van der Waals surface area contributed by atoms with Crippen molar-refractivity contribution in [3.63, 3.8) is 0 Å². The zero-order chi connectivity index (χ0) is 17.4. The van der Waals surface area contributed by atoms with Crippen molar-refractivity contribution in [1.82, 2.24) is 5.32 Å². The first-order valence-electron chi connectivity index (χ1n) is 8.18. The predicted molar refractivity (Wildman–Crippen MR) is 105 cm³/mol. The topological polar surface area (TPSA) is 55.1 Å². The number of rotatable bonds is 4. The molecule has 1 fully saturated rings. The normalized spacial score (nSPS) is 13.6. The molecule has 0 spiro atoms. The number of thiophene rings is 1. The Balaban J connectivity index is 1.89. The van der Waals surface area contributed by atoms with E-state index < -0.39 is 0 Å². The molecule has 0 atom stereocenters. The highest BCUT2D eigenvalue weighted by molar-refractivity contribution is 7.20. The highest BCUT2D eigenvalue weighted by Gasteiger charge is 2.29. The van der Waals surface area contributed by atoms with Gasteiger partial charge in [0.1, 0.15) is 0 Å². The molecule has 1 aromatic heterocycles. The molecule has 2 aromatic carbocycles. The van der Waals surface area contributed by atoms with Crippen LogP contribution in [0.1, 0.15) is 23.2 Å². The number of halogens is 1. The summed E-state index contributed by atoms with van der Waals surface area (Å²) in [6.07, 6.45) is 2.08. The van der Waals surface area contributed by atoms with Crippen LogP contribution in [0.15, 0.2) is 54.6 Å². The maximum atomic E-state index is 12.8. The summed E-state index contributed by atoms with van der Waals surface area (Å²) in [5.74, 6) is -0.0941. The van der Waals surface area contributed by atoms with E-state index in [0.29, 0.717) is 15.6 Å². The van der Waals surface area contributed by atoms with Gasteiger partial charge in [-0.3, -0.25) is 4.79 Å². The van der Waals surface area contributed by atoms with E-state index in [1.807, 2.05) is 54.6 Å². The van der Waals surface area contributed by atoms with E-state index in [0.717, 1.165) is 34.4 Å². The van der Waals surface area contributed by atoms with Crippen molar-refractivity contribution < 1.29 is 4.79 Å². The standard InChI is InChI=1S/C20H17ClN2OS/c21-14-8-6-12(7-9-14)16-17(20(24)23-15-10-11-15)19(22)25-18(16)13-4-2-1-3-5-13/h1-9,15H,10-11,22H2,(H,23,24). The molecule has 0 bridgehead atoms. The van der Waals surface area contributed by atoms with Crippen LogP contribution in [0.3, 0.4) is 0 Å². The van der Waals surface area contributed by atoms with Gasteiger partial charge < -0.3 is 11.1 Å². The Morgan fingerprint density at radius 3 is 2.36 bits per heavy atom. The van der Waals surface area contributed by atoms with Crippen molar-refractivity contribution in [2.75, 3.05) is 5.73 Å². The fraction of sp³-hybridized carbons (Fsp3) is 0.150. The second-order valence-corrected chi connectivity index (χ2v) is 7.65. The van der Waals surface area contributed by atoms with Crippen LogP contribution in [0.5, 0.6) is 0 Å². The number of hydrogen-bond acceptors (Lipinski definition) is 3. The Morgan fingerprint density at radius 1 is 1.04 bits per heavy atom. The minimum absolute atomic E-state index is 0.0941. The fourth-order valence-corrected chi connectivity index (χ4v) is 4.06. The molecule has 126 valence electrons. The highest BCUT2D eigenvalue weighted by atomic mass is 35.5. The smallest absolute Gasteiger partial charge is 0.255 e. The maximum absolute atomic E-state index is 12.8. The minimum Gasteiger partial charge on any atom is -0.390 e. The third-order valence-corrected chi connectivity index (χ3v) is 5.56. The van der Waals surface area contributed by atoms with Gasteiger partial charge in [0.05, 0.1) is 10.6 Å². The molecule has 1 saturated carbocycles. The second kappa shape index (κ2) is 6.54. The number of carbonyl (C=O) groups is 1. The predicted octanol–water partition coefficient (Wildman–Crippen LogP) is 5.21. The van der Waals surface area contributed by atoms with Crippen LogP contribution >= 0.6 is 22.9 Å². The van der Waals surface area contributed by atoms with Crippen LogP contribution in [0.2, 0.25) is 5.02 Å². The lowest BCUT2D eigenvalue weighted by Gasteiger charge is -2.09. The first-order chi connectivity index (χ1) is 12.1. The molecular weight excluding hydrogens is 352 g/mol. The van der Waals surface area contributed by atoms with Gasteiger partial charge in [-0.05, 0) is 36.1 Å². The third kappa shape index (κ3) is 3.28. The van der Waals surface area contributed by atoms with Crippen LogP contribution in [-0.2, 0) is 0 Å². The van der Waals surface area contributed by atoms with Gasteiger partial charge in [-0.25, -0.2) is 0 Å². The molecular formula is C20H17ClN2OS. The van der Waals surface area contributed by atoms with E-state index in [2.05, 4.69) is 5.32 Å². The molecule has 3 nitrogen and oxygen atoms in total. The molecule has 1 amide bonds. The SMILES string of the molecule is Nc1sc(-c2ccccc2)c(-c2ccc(Cl)cc2)c1C(=O)NC1CC1. The van der Waals surface area contributed by atoms with E-state index in [-0.39, 0.29) is 11.9 Å². The number of carbonyl (C=O) groups excluding carboxylic acids is 1. The average Bonchev–Trinajstić information content (AvgIpc) is 3.36. The van der Waals surface area contributed by atoms with Gasteiger partial charge >= 0.3 is 0 Å². The van der Waals surface area contributed by atoms with Crippen LogP contribution in [-0.4, -0.2) is 11.9 Å². The minimum atomic E-state index is -0.0941. The lowest BCUT2D eigenvalue weighted by atomic mass is 9.97. The average molecular weight is 369 g/mol. The molecule has 3 aromatic rings. The van der Waals surface area contributed by atoms with Gasteiger partial charge in [0.2, 0.25) is 0 Å². The van der Waals surface area contributed by atoms with Gasteiger partial charge in [-0.15, -0.1) is 11.3 Å². The zero-order valence-electron chi connectivity index (χ0n) is 13.5. The third-order valence-electron chi connectivity index (χ3n) is 4.24. The Bertz CT molecular complexity index is 915. The van der Waals surface area contributed by atoms with Crippen molar-refractivity contribution in [2.45, 2.75) is 18.9 Å². The monoisotopic (exact) mass is 368 g/mol. The van der Waals surface area contributed by atoms with E-state index in [4.69, 9.17) is 17.3 Å². The zero-order valence-corrected chi connectivity index (χ0v) is 15.0. The van der Waals surface area contributed by atoms with Crippen molar-refractivity contribution in [2.24, 2.45) is 0 Å². The van der Waals surface area contributed by atoms with Gasteiger partial charge in [0.25, 0.3) is 5.91 Å². The summed E-state index contributed by atoms with van der Waals surface area (Å²) < 4.78 is 0. The number of anilines is 1. The van der Waals surface area contributed by atoms with E-state index >= 15 is 0 Å². The highest BCUT2D eigenvalue weighted by Crippen LogP contribution is 2.45. The van der Waals surface area contributed by atoms with Crippen molar-refractivity contribution in [3.8, 4) is 21.6 Å². The first kappa shape index (κ1) is 16.2. The van der Waals surface area contributed by atoms with Crippen LogP contribution in [0.4, 0.5) is 5.00 Å². The van der Waals surface area contributed by atoms with E-state index in [1.54, 1.807) is 0 Å². The Hall–Kier alpha value is -2.30. The summed E-state index contributed by atoms with van der Waals surface area (Å²) in [5, 5.41) is 4.27. The number of nitrogens with two attached hydrogens (primary N) is 1. The van der Waals surface area contributed by atoms with Crippen molar-refractivity contribution >= 4 is 33.8 Å². The van der Waals surface area contributed by atoms with Gasteiger partial charge in [0.15, 0.2) is 0 Å². The number of amides is 1. The molecule has 0 unspecified atom stereocenters. The lowest BCUT2D eigenvalue weighted by molar-refractivity contribution is 0.0953. The molecule has 1 aliphatic rings.